The second-order valence-corrected chi connectivity index (χ2v) is 6.86. The molecule has 0 saturated heterocycles. The molecule has 0 bridgehead atoms. The SMILES string of the molecule is COc1ccc(CSc2nc(-c3cnn(C)c3)c3ncn(C)c3n2)cc1. The largest absolute Gasteiger partial charge is 0.497 e. The summed E-state index contributed by atoms with van der Waals surface area (Å²) in [5.74, 6) is 1.63. The molecular weight excluding hydrogens is 348 g/mol. The van der Waals surface area contributed by atoms with Crippen LogP contribution < -0.4 is 4.74 Å². The van der Waals surface area contributed by atoms with E-state index in [4.69, 9.17) is 9.72 Å². The zero-order valence-corrected chi connectivity index (χ0v) is 15.6. The van der Waals surface area contributed by atoms with Gasteiger partial charge in [-0.3, -0.25) is 4.68 Å². The highest BCUT2D eigenvalue weighted by molar-refractivity contribution is 7.98. The lowest BCUT2D eigenvalue weighted by molar-refractivity contribution is 0.414. The van der Waals surface area contributed by atoms with Gasteiger partial charge in [-0.2, -0.15) is 5.10 Å². The molecule has 3 heterocycles. The van der Waals surface area contributed by atoms with Gasteiger partial charge in [-0.05, 0) is 17.7 Å². The van der Waals surface area contributed by atoms with E-state index in [1.54, 1.807) is 36.1 Å². The third kappa shape index (κ3) is 3.15. The van der Waals surface area contributed by atoms with Crippen LogP contribution in [0.2, 0.25) is 0 Å². The molecule has 4 aromatic rings. The average molecular weight is 366 g/mol. The smallest absolute Gasteiger partial charge is 0.190 e. The molecule has 0 aliphatic heterocycles. The molecule has 7 nitrogen and oxygen atoms in total. The van der Waals surface area contributed by atoms with E-state index in [2.05, 4.69) is 27.2 Å². The highest BCUT2D eigenvalue weighted by atomic mass is 32.2. The van der Waals surface area contributed by atoms with Crippen molar-refractivity contribution < 1.29 is 4.74 Å². The Labute approximate surface area is 155 Å². The number of thioether (sulfide) groups is 1. The number of methoxy groups -OCH3 is 1. The summed E-state index contributed by atoms with van der Waals surface area (Å²) in [7, 11) is 5.49. The van der Waals surface area contributed by atoms with Gasteiger partial charge in [0, 0.05) is 31.6 Å². The standard InChI is InChI=1S/C18H18N6OS/c1-23-11-19-16-15(13-8-20-24(2)9-13)21-18(22-17(16)23)26-10-12-4-6-14(25-3)7-5-12/h4-9,11H,10H2,1-3H3. The maximum atomic E-state index is 5.20. The van der Waals surface area contributed by atoms with E-state index in [9.17, 15) is 0 Å². The van der Waals surface area contributed by atoms with Crippen molar-refractivity contribution in [2.24, 2.45) is 14.1 Å². The van der Waals surface area contributed by atoms with E-state index in [-0.39, 0.29) is 0 Å². The molecule has 0 saturated carbocycles. The summed E-state index contributed by atoms with van der Waals surface area (Å²) in [6.07, 6.45) is 5.50. The van der Waals surface area contributed by atoms with E-state index < -0.39 is 0 Å². The Bertz CT molecular complexity index is 1050. The van der Waals surface area contributed by atoms with Gasteiger partial charge in [0.2, 0.25) is 0 Å². The minimum Gasteiger partial charge on any atom is -0.497 e. The van der Waals surface area contributed by atoms with Crippen LogP contribution >= 0.6 is 11.8 Å². The van der Waals surface area contributed by atoms with Gasteiger partial charge in [0.25, 0.3) is 0 Å². The summed E-state index contributed by atoms with van der Waals surface area (Å²) >= 11 is 1.60. The summed E-state index contributed by atoms with van der Waals surface area (Å²) in [5, 5.41) is 4.97. The van der Waals surface area contributed by atoms with Crippen LogP contribution in [0.25, 0.3) is 22.4 Å². The first-order valence-corrected chi connectivity index (χ1v) is 9.06. The zero-order chi connectivity index (χ0) is 18.1. The molecular formula is C18H18N6OS. The van der Waals surface area contributed by atoms with Crippen molar-refractivity contribution in [3.8, 4) is 17.0 Å². The first-order chi connectivity index (χ1) is 12.6. The van der Waals surface area contributed by atoms with Crippen LogP contribution in [0, 0.1) is 0 Å². The maximum absolute atomic E-state index is 5.20. The molecule has 1 aromatic carbocycles. The molecule has 0 atom stereocenters. The molecule has 0 N–H and O–H groups in total. The summed E-state index contributed by atoms with van der Waals surface area (Å²) in [6, 6.07) is 8.02. The van der Waals surface area contributed by atoms with Gasteiger partial charge in [-0.1, -0.05) is 23.9 Å². The monoisotopic (exact) mass is 366 g/mol. The van der Waals surface area contributed by atoms with Crippen LogP contribution in [0.3, 0.4) is 0 Å². The Morgan fingerprint density at radius 3 is 2.62 bits per heavy atom. The first kappa shape index (κ1) is 16.6. The van der Waals surface area contributed by atoms with Crippen LogP contribution in [0.5, 0.6) is 5.75 Å². The van der Waals surface area contributed by atoms with Crippen molar-refractivity contribution in [3.63, 3.8) is 0 Å². The van der Waals surface area contributed by atoms with Gasteiger partial charge in [0.1, 0.15) is 17.0 Å². The molecule has 0 aliphatic carbocycles. The maximum Gasteiger partial charge on any atom is 0.190 e. The lowest BCUT2D eigenvalue weighted by Gasteiger charge is -2.06. The van der Waals surface area contributed by atoms with Crippen LogP contribution in [-0.2, 0) is 19.8 Å². The van der Waals surface area contributed by atoms with E-state index in [1.807, 2.05) is 37.0 Å². The van der Waals surface area contributed by atoms with Crippen LogP contribution in [-0.4, -0.2) is 36.4 Å². The van der Waals surface area contributed by atoms with E-state index in [0.29, 0.717) is 0 Å². The van der Waals surface area contributed by atoms with Crippen molar-refractivity contribution in [1.29, 1.82) is 0 Å². The Hall–Kier alpha value is -2.87. The quantitative estimate of drug-likeness (QED) is 0.399. The number of rotatable bonds is 5. The predicted molar refractivity (Wildman–Crippen MR) is 101 cm³/mol. The number of aryl methyl sites for hydroxylation is 2. The molecule has 0 unspecified atom stereocenters. The van der Waals surface area contributed by atoms with Gasteiger partial charge in [-0.15, -0.1) is 0 Å². The van der Waals surface area contributed by atoms with Gasteiger partial charge in [0.15, 0.2) is 10.8 Å². The number of hydrogen-bond donors (Lipinski definition) is 0. The number of nitrogens with zero attached hydrogens (tertiary/aromatic N) is 6. The van der Waals surface area contributed by atoms with Crippen LogP contribution in [0.1, 0.15) is 5.56 Å². The normalized spacial score (nSPS) is 11.2. The molecule has 26 heavy (non-hydrogen) atoms. The lowest BCUT2D eigenvalue weighted by Crippen LogP contribution is -1.96. The molecule has 0 spiro atoms. The Kier molecular flexibility index (Phi) is 4.34. The van der Waals surface area contributed by atoms with E-state index in [0.717, 1.165) is 39.1 Å². The third-order valence-corrected chi connectivity index (χ3v) is 4.96. The molecule has 0 fully saturated rings. The van der Waals surface area contributed by atoms with Crippen molar-refractivity contribution in [2.75, 3.05) is 7.11 Å². The Morgan fingerprint density at radius 2 is 1.92 bits per heavy atom. The zero-order valence-electron chi connectivity index (χ0n) is 14.7. The third-order valence-electron chi connectivity index (χ3n) is 4.04. The van der Waals surface area contributed by atoms with Gasteiger partial charge < -0.3 is 9.30 Å². The highest BCUT2D eigenvalue weighted by Gasteiger charge is 2.15. The van der Waals surface area contributed by atoms with Crippen molar-refractivity contribution in [1.82, 2.24) is 29.3 Å². The fourth-order valence-corrected chi connectivity index (χ4v) is 3.46. The fraction of sp³-hybridized carbons (Fsp3) is 0.222. The van der Waals surface area contributed by atoms with E-state index in [1.165, 1.54) is 5.56 Å². The van der Waals surface area contributed by atoms with E-state index >= 15 is 0 Å². The number of ether oxygens (including phenoxy) is 1. The fourth-order valence-electron chi connectivity index (χ4n) is 2.67. The van der Waals surface area contributed by atoms with Crippen molar-refractivity contribution >= 4 is 22.9 Å². The molecule has 0 amide bonds. The van der Waals surface area contributed by atoms with Crippen LogP contribution in [0.4, 0.5) is 0 Å². The predicted octanol–water partition coefficient (Wildman–Crippen LogP) is 3.06. The molecule has 0 radical (unpaired) electrons. The first-order valence-electron chi connectivity index (χ1n) is 8.08. The van der Waals surface area contributed by atoms with Crippen molar-refractivity contribution in [2.45, 2.75) is 10.9 Å². The minimum atomic E-state index is 0.718. The van der Waals surface area contributed by atoms with Crippen LogP contribution in [0.15, 0.2) is 48.1 Å². The second-order valence-electron chi connectivity index (χ2n) is 5.92. The summed E-state index contributed by atoms with van der Waals surface area (Å²) in [5.41, 5.74) is 4.53. The number of fused-ring (bicyclic) bond motifs is 1. The number of hydrogen-bond acceptors (Lipinski definition) is 6. The van der Waals surface area contributed by atoms with Gasteiger partial charge >= 0.3 is 0 Å². The van der Waals surface area contributed by atoms with Gasteiger partial charge in [0.05, 0.1) is 19.6 Å². The average Bonchev–Trinajstić information content (AvgIpc) is 3.26. The Morgan fingerprint density at radius 1 is 1.12 bits per heavy atom. The summed E-state index contributed by atoms with van der Waals surface area (Å²) in [4.78, 5) is 13.9. The summed E-state index contributed by atoms with van der Waals surface area (Å²) < 4.78 is 8.87. The number of aromatic nitrogens is 6. The minimum absolute atomic E-state index is 0.718. The Balaban J connectivity index is 1.67. The molecule has 0 aliphatic rings. The lowest BCUT2D eigenvalue weighted by atomic mass is 10.2. The number of imidazole rings is 1. The molecule has 132 valence electrons. The van der Waals surface area contributed by atoms with Crippen molar-refractivity contribution in [3.05, 3.63) is 48.5 Å². The molecule has 4 rings (SSSR count). The molecule has 3 aromatic heterocycles. The second kappa shape index (κ2) is 6.80. The van der Waals surface area contributed by atoms with Gasteiger partial charge in [-0.25, -0.2) is 15.0 Å². The number of benzene rings is 1. The highest BCUT2D eigenvalue weighted by Crippen LogP contribution is 2.28. The summed E-state index contributed by atoms with van der Waals surface area (Å²) in [6.45, 7) is 0. The molecule has 8 heteroatoms. The topological polar surface area (TPSA) is 70.7 Å².